The Morgan fingerprint density at radius 2 is 1.44 bits per heavy atom. The van der Waals surface area contributed by atoms with Crippen LogP contribution in [-0.4, -0.2) is 12.6 Å². The van der Waals surface area contributed by atoms with Crippen LogP contribution < -0.4 is 0 Å². The Kier molecular flexibility index (Phi) is 13.2. The lowest BCUT2D eigenvalue weighted by Crippen LogP contribution is -1.98. The van der Waals surface area contributed by atoms with E-state index in [-0.39, 0.29) is 5.97 Å². The molecule has 0 saturated heterocycles. The Morgan fingerprint density at radius 1 is 0.889 bits per heavy atom. The molecule has 0 aliphatic rings. The lowest BCUT2D eigenvalue weighted by molar-refractivity contribution is -0.140. The Balaban J connectivity index is 3.19. The molecule has 0 aliphatic heterocycles. The second kappa shape index (κ2) is 14.0. The molecule has 104 valence electrons. The van der Waals surface area contributed by atoms with Crippen LogP contribution in [0.4, 0.5) is 0 Å². The largest absolute Gasteiger partial charge is 0.466 e. The third-order valence-electron chi connectivity index (χ3n) is 2.64. The summed E-state index contributed by atoms with van der Waals surface area (Å²) in [6, 6.07) is 0. The first-order valence-electron chi connectivity index (χ1n) is 7.20. The zero-order valence-electron chi connectivity index (χ0n) is 12.0. The van der Waals surface area contributed by atoms with Gasteiger partial charge in [-0.25, -0.2) is 0 Å². The van der Waals surface area contributed by atoms with Crippen molar-refractivity contribution >= 4 is 5.97 Å². The molecule has 0 saturated carbocycles. The fourth-order valence-electron chi connectivity index (χ4n) is 1.61. The molecule has 0 aliphatic carbocycles. The van der Waals surface area contributed by atoms with Crippen molar-refractivity contribution in [3.05, 3.63) is 24.3 Å². The van der Waals surface area contributed by atoms with E-state index in [1.54, 1.807) is 0 Å². The van der Waals surface area contributed by atoms with Crippen molar-refractivity contribution in [2.45, 2.75) is 65.2 Å². The van der Waals surface area contributed by atoms with E-state index in [1.165, 1.54) is 45.4 Å². The summed E-state index contributed by atoms with van der Waals surface area (Å²) < 4.78 is 4.83. The molecule has 0 heterocycles. The summed E-state index contributed by atoms with van der Waals surface area (Å²) in [5, 5.41) is 0. The molecule has 0 atom stereocenters. The fraction of sp³-hybridized carbons (Fsp3) is 0.688. The minimum Gasteiger partial charge on any atom is -0.466 e. The highest BCUT2D eigenvalue weighted by Gasteiger charge is 1.88. The zero-order chi connectivity index (χ0) is 13.5. The summed E-state index contributed by atoms with van der Waals surface area (Å²) in [6.45, 7) is 4.18. The van der Waals surface area contributed by atoms with Crippen LogP contribution in [0, 0.1) is 0 Å². The molecule has 2 heteroatoms. The quantitative estimate of drug-likeness (QED) is 0.300. The van der Waals surface area contributed by atoms with Crippen molar-refractivity contribution in [1.82, 2.24) is 0 Å². The van der Waals surface area contributed by atoms with Gasteiger partial charge in [-0.1, -0.05) is 44.1 Å². The number of carbonyl (C=O) groups is 1. The van der Waals surface area contributed by atoms with Crippen LogP contribution in [0.25, 0.3) is 0 Å². The number of hydrogen-bond donors (Lipinski definition) is 0. The van der Waals surface area contributed by atoms with Crippen molar-refractivity contribution < 1.29 is 9.53 Å². The maximum atomic E-state index is 10.5. The number of unbranched alkanes of at least 4 members (excludes halogenated alkanes) is 5. The van der Waals surface area contributed by atoms with E-state index in [0.717, 1.165) is 12.8 Å². The van der Waals surface area contributed by atoms with E-state index in [0.29, 0.717) is 6.61 Å². The third-order valence-corrected chi connectivity index (χ3v) is 2.64. The Hall–Kier alpha value is -1.05. The third kappa shape index (κ3) is 14.9. The van der Waals surface area contributed by atoms with Gasteiger partial charge in [-0.3, -0.25) is 4.79 Å². The molecule has 0 bridgehead atoms. The van der Waals surface area contributed by atoms with Gasteiger partial charge in [-0.2, -0.15) is 0 Å². The number of hydrogen-bond acceptors (Lipinski definition) is 2. The molecule has 0 N–H and O–H groups in total. The fourth-order valence-corrected chi connectivity index (χ4v) is 1.61. The molecule has 0 aromatic rings. The topological polar surface area (TPSA) is 26.3 Å². The van der Waals surface area contributed by atoms with Crippen LogP contribution in [0.2, 0.25) is 0 Å². The van der Waals surface area contributed by atoms with E-state index < -0.39 is 0 Å². The lowest BCUT2D eigenvalue weighted by atomic mass is 10.1. The predicted octanol–water partition coefficient (Wildman–Crippen LogP) is 4.80. The molecule has 0 aromatic heterocycles. The summed E-state index contributed by atoms with van der Waals surface area (Å²) in [4.78, 5) is 10.5. The highest BCUT2D eigenvalue weighted by atomic mass is 16.5. The minimum atomic E-state index is -0.198. The predicted molar refractivity (Wildman–Crippen MR) is 77.5 cm³/mol. The van der Waals surface area contributed by atoms with E-state index in [9.17, 15) is 4.79 Å². The maximum Gasteiger partial charge on any atom is 0.302 e. The van der Waals surface area contributed by atoms with Gasteiger partial charge in [-0.15, -0.1) is 0 Å². The van der Waals surface area contributed by atoms with Gasteiger partial charge < -0.3 is 4.74 Å². The molecular formula is C16H28O2. The average Bonchev–Trinajstić information content (AvgIpc) is 2.34. The van der Waals surface area contributed by atoms with E-state index >= 15 is 0 Å². The summed E-state index contributed by atoms with van der Waals surface area (Å²) in [5.74, 6) is -0.198. The zero-order valence-corrected chi connectivity index (χ0v) is 12.0. The number of ether oxygens (including phenoxy) is 1. The molecule has 0 rings (SSSR count). The second-order valence-electron chi connectivity index (χ2n) is 4.50. The van der Waals surface area contributed by atoms with Gasteiger partial charge in [0, 0.05) is 6.92 Å². The van der Waals surface area contributed by atoms with Crippen molar-refractivity contribution in [2.75, 3.05) is 6.61 Å². The van der Waals surface area contributed by atoms with E-state index in [2.05, 4.69) is 31.2 Å². The van der Waals surface area contributed by atoms with Crippen LogP contribution in [0.5, 0.6) is 0 Å². The van der Waals surface area contributed by atoms with Gasteiger partial charge in [0.05, 0.1) is 6.61 Å². The van der Waals surface area contributed by atoms with Gasteiger partial charge in [0.25, 0.3) is 0 Å². The molecular weight excluding hydrogens is 224 g/mol. The molecule has 0 amide bonds. The first-order valence-corrected chi connectivity index (χ1v) is 7.20. The molecule has 18 heavy (non-hydrogen) atoms. The highest BCUT2D eigenvalue weighted by molar-refractivity contribution is 5.65. The summed E-state index contributed by atoms with van der Waals surface area (Å²) in [6.07, 6.45) is 18.4. The van der Waals surface area contributed by atoms with Crippen LogP contribution in [-0.2, 0) is 9.53 Å². The molecule has 0 unspecified atom stereocenters. The molecule has 0 fully saturated rings. The first-order chi connectivity index (χ1) is 8.77. The molecule has 2 nitrogen and oxygen atoms in total. The van der Waals surface area contributed by atoms with Crippen molar-refractivity contribution in [3.8, 4) is 0 Å². The second-order valence-corrected chi connectivity index (χ2v) is 4.50. The number of rotatable bonds is 11. The van der Waals surface area contributed by atoms with Crippen LogP contribution in [0.15, 0.2) is 24.3 Å². The van der Waals surface area contributed by atoms with Gasteiger partial charge in [0.1, 0.15) is 0 Å². The normalized spacial score (nSPS) is 11.4. The van der Waals surface area contributed by atoms with Crippen molar-refractivity contribution in [2.24, 2.45) is 0 Å². The standard InChI is InChI=1S/C16H28O2/c1-3-4-5-6-7-8-9-10-11-12-13-14-15-18-16(2)17/h7-8,12-13H,3-6,9-11,14-15H2,1-2H3/b8-7-,13-12?. The lowest BCUT2D eigenvalue weighted by Gasteiger charge is -1.96. The monoisotopic (exact) mass is 252 g/mol. The summed E-state index contributed by atoms with van der Waals surface area (Å²) in [7, 11) is 0. The molecule has 0 radical (unpaired) electrons. The Morgan fingerprint density at radius 3 is 2.00 bits per heavy atom. The van der Waals surface area contributed by atoms with Crippen LogP contribution in [0.3, 0.4) is 0 Å². The number of esters is 1. The molecule has 0 aromatic carbocycles. The van der Waals surface area contributed by atoms with Gasteiger partial charge >= 0.3 is 5.97 Å². The summed E-state index contributed by atoms with van der Waals surface area (Å²) in [5.41, 5.74) is 0. The van der Waals surface area contributed by atoms with Gasteiger partial charge in [0.2, 0.25) is 0 Å². The van der Waals surface area contributed by atoms with E-state index in [4.69, 9.17) is 4.74 Å². The number of allylic oxidation sites excluding steroid dienone is 3. The Labute approximate surface area is 112 Å². The summed E-state index contributed by atoms with van der Waals surface area (Å²) >= 11 is 0. The van der Waals surface area contributed by atoms with Crippen LogP contribution >= 0.6 is 0 Å². The van der Waals surface area contributed by atoms with Crippen molar-refractivity contribution in [3.63, 3.8) is 0 Å². The maximum absolute atomic E-state index is 10.5. The minimum absolute atomic E-state index is 0.198. The average molecular weight is 252 g/mol. The van der Waals surface area contributed by atoms with Gasteiger partial charge in [0.15, 0.2) is 0 Å². The van der Waals surface area contributed by atoms with E-state index in [1.807, 2.05) is 0 Å². The first kappa shape index (κ1) is 16.9. The SMILES string of the molecule is CCCCC/C=C\CCCC=CCCOC(C)=O. The smallest absolute Gasteiger partial charge is 0.302 e. The van der Waals surface area contributed by atoms with Gasteiger partial charge in [-0.05, 0) is 38.5 Å². The van der Waals surface area contributed by atoms with Crippen molar-refractivity contribution in [1.29, 1.82) is 0 Å². The number of carbonyl (C=O) groups excluding carboxylic acids is 1. The van der Waals surface area contributed by atoms with Crippen LogP contribution in [0.1, 0.15) is 65.2 Å². The molecule has 0 spiro atoms. The highest BCUT2D eigenvalue weighted by Crippen LogP contribution is 2.03. The Bertz CT molecular complexity index is 241.